The van der Waals surface area contributed by atoms with E-state index < -0.39 is 10.0 Å². The molecule has 1 heterocycles. The van der Waals surface area contributed by atoms with Gasteiger partial charge < -0.3 is 5.73 Å². The summed E-state index contributed by atoms with van der Waals surface area (Å²) in [6, 6.07) is 0.301. The minimum atomic E-state index is -3.04. The van der Waals surface area contributed by atoms with Crippen molar-refractivity contribution in [1.29, 1.82) is 0 Å². The van der Waals surface area contributed by atoms with Gasteiger partial charge in [0.2, 0.25) is 10.0 Å². The molecule has 0 aromatic heterocycles. The van der Waals surface area contributed by atoms with Crippen molar-refractivity contribution >= 4 is 10.0 Å². The van der Waals surface area contributed by atoms with E-state index in [0.29, 0.717) is 24.9 Å². The van der Waals surface area contributed by atoms with Crippen LogP contribution in [0.1, 0.15) is 51.4 Å². The average molecular weight is 274 g/mol. The third-order valence-corrected chi connectivity index (χ3v) is 6.38. The van der Waals surface area contributed by atoms with E-state index in [1.165, 1.54) is 25.7 Å². The van der Waals surface area contributed by atoms with Crippen molar-refractivity contribution in [3.05, 3.63) is 0 Å². The van der Waals surface area contributed by atoms with Crippen LogP contribution in [0.15, 0.2) is 0 Å². The van der Waals surface area contributed by atoms with Gasteiger partial charge in [0.15, 0.2) is 0 Å². The molecule has 0 spiro atoms. The Bertz CT molecular complexity index is 350. The van der Waals surface area contributed by atoms with Gasteiger partial charge in [-0.05, 0) is 51.0 Å². The number of hydrogen-bond acceptors (Lipinski definition) is 3. The molecule has 106 valence electrons. The van der Waals surface area contributed by atoms with Crippen LogP contribution in [0.3, 0.4) is 0 Å². The van der Waals surface area contributed by atoms with E-state index in [2.05, 4.69) is 0 Å². The molecule has 0 bridgehead atoms. The number of rotatable bonds is 6. The number of nitrogens with two attached hydrogens (primary N) is 1. The molecule has 1 unspecified atom stereocenters. The molecule has 1 saturated carbocycles. The van der Waals surface area contributed by atoms with Crippen LogP contribution >= 0.6 is 0 Å². The molecule has 0 aromatic rings. The van der Waals surface area contributed by atoms with E-state index in [9.17, 15) is 8.42 Å². The minimum absolute atomic E-state index is 0.285. The van der Waals surface area contributed by atoms with Crippen molar-refractivity contribution in [1.82, 2.24) is 4.31 Å². The molecule has 1 aliphatic heterocycles. The van der Waals surface area contributed by atoms with Crippen LogP contribution in [0.2, 0.25) is 0 Å². The fourth-order valence-electron chi connectivity index (χ4n) is 3.47. The minimum Gasteiger partial charge on any atom is -0.330 e. The average Bonchev–Trinajstić information content (AvgIpc) is 3.00. The molecule has 1 aliphatic carbocycles. The molecule has 0 amide bonds. The summed E-state index contributed by atoms with van der Waals surface area (Å²) < 4.78 is 26.5. The predicted octanol–water partition coefficient (Wildman–Crippen LogP) is 1.71. The second kappa shape index (κ2) is 6.35. The second-order valence-electron chi connectivity index (χ2n) is 5.68. The third kappa shape index (κ3) is 3.25. The van der Waals surface area contributed by atoms with E-state index in [-0.39, 0.29) is 5.75 Å². The summed E-state index contributed by atoms with van der Waals surface area (Å²) in [5.41, 5.74) is 5.43. The van der Waals surface area contributed by atoms with Crippen LogP contribution in [-0.4, -0.2) is 37.6 Å². The van der Waals surface area contributed by atoms with Crippen molar-refractivity contribution in [2.24, 2.45) is 11.7 Å². The van der Waals surface area contributed by atoms with Crippen LogP contribution in [-0.2, 0) is 10.0 Å². The summed E-state index contributed by atoms with van der Waals surface area (Å²) in [4.78, 5) is 0. The predicted molar refractivity (Wildman–Crippen MR) is 73.8 cm³/mol. The Morgan fingerprint density at radius 2 is 1.78 bits per heavy atom. The molecule has 2 aliphatic rings. The molecule has 0 radical (unpaired) electrons. The van der Waals surface area contributed by atoms with Crippen LogP contribution < -0.4 is 5.73 Å². The summed E-state index contributed by atoms with van der Waals surface area (Å²) in [5.74, 6) is 0.907. The molecular formula is C13H26N2O2S. The highest BCUT2D eigenvalue weighted by molar-refractivity contribution is 7.89. The van der Waals surface area contributed by atoms with Crippen LogP contribution in [0.4, 0.5) is 0 Å². The van der Waals surface area contributed by atoms with Gasteiger partial charge in [0.05, 0.1) is 5.75 Å². The lowest BCUT2D eigenvalue weighted by atomic mass is 9.97. The highest BCUT2D eigenvalue weighted by Gasteiger charge is 2.39. The molecule has 5 heteroatoms. The molecule has 18 heavy (non-hydrogen) atoms. The standard InChI is InChI=1S/C13H26N2O2S/c14-9-3-4-11-18(16,17)15-10-5-8-13(15)12-6-1-2-7-12/h12-13H,1-11,14H2. The van der Waals surface area contributed by atoms with Crippen molar-refractivity contribution in [2.75, 3.05) is 18.8 Å². The Labute approximate surface area is 111 Å². The molecule has 4 nitrogen and oxygen atoms in total. The lowest BCUT2D eigenvalue weighted by molar-refractivity contribution is 0.288. The lowest BCUT2D eigenvalue weighted by Gasteiger charge is -2.28. The Balaban J connectivity index is 1.96. The van der Waals surface area contributed by atoms with Gasteiger partial charge in [-0.15, -0.1) is 0 Å². The molecule has 2 rings (SSSR count). The van der Waals surface area contributed by atoms with E-state index in [0.717, 1.165) is 25.8 Å². The van der Waals surface area contributed by atoms with Gasteiger partial charge in [0.1, 0.15) is 0 Å². The number of sulfonamides is 1. The van der Waals surface area contributed by atoms with Crippen molar-refractivity contribution in [3.8, 4) is 0 Å². The normalized spacial score (nSPS) is 27.1. The maximum atomic E-state index is 12.4. The van der Waals surface area contributed by atoms with Crippen LogP contribution in [0.25, 0.3) is 0 Å². The molecule has 1 atom stereocenters. The fraction of sp³-hybridized carbons (Fsp3) is 1.00. The first-order valence-electron chi connectivity index (χ1n) is 7.35. The van der Waals surface area contributed by atoms with Crippen LogP contribution in [0, 0.1) is 5.92 Å². The van der Waals surface area contributed by atoms with E-state index in [4.69, 9.17) is 5.73 Å². The van der Waals surface area contributed by atoms with Gasteiger partial charge in [-0.25, -0.2) is 8.42 Å². The molecule has 0 aromatic carbocycles. The quantitative estimate of drug-likeness (QED) is 0.750. The zero-order valence-corrected chi connectivity index (χ0v) is 12.0. The Hall–Kier alpha value is -0.130. The smallest absolute Gasteiger partial charge is 0.214 e. The fourth-order valence-corrected chi connectivity index (χ4v) is 5.37. The molecule has 1 saturated heterocycles. The van der Waals surface area contributed by atoms with E-state index >= 15 is 0 Å². The molecular weight excluding hydrogens is 248 g/mol. The summed E-state index contributed by atoms with van der Waals surface area (Å²) in [7, 11) is -3.04. The first-order valence-corrected chi connectivity index (χ1v) is 8.95. The summed E-state index contributed by atoms with van der Waals surface area (Å²) in [6.07, 6.45) is 8.62. The number of nitrogens with zero attached hydrogens (tertiary/aromatic N) is 1. The third-order valence-electron chi connectivity index (χ3n) is 4.41. The van der Waals surface area contributed by atoms with Gasteiger partial charge in [0.25, 0.3) is 0 Å². The Morgan fingerprint density at radius 3 is 2.44 bits per heavy atom. The first kappa shape index (κ1) is 14.3. The maximum absolute atomic E-state index is 12.4. The van der Waals surface area contributed by atoms with E-state index in [1.807, 2.05) is 4.31 Å². The lowest BCUT2D eigenvalue weighted by Crippen LogP contribution is -2.40. The highest BCUT2D eigenvalue weighted by Crippen LogP contribution is 2.36. The second-order valence-corrected chi connectivity index (χ2v) is 7.72. The molecule has 2 N–H and O–H groups in total. The van der Waals surface area contributed by atoms with Crippen molar-refractivity contribution < 1.29 is 8.42 Å². The van der Waals surface area contributed by atoms with Gasteiger partial charge >= 0.3 is 0 Å². The zero-order chi connectivity index (χ0) is 13.0. The summed E-state index contributed by atoms with van der Waals surface area (Å²) >= 11 is 0. The van der Waals surface area contributed by atoms with E-state index in [1.54, 1.807) is 0 Å². The summed E-state index contributed by atoms with van der Waals surface area (Å²) in [6.45, 7) is 1.33. The Morgan fingerprint density at radius 1 is 1.06 bits per heavy atom. The Kier molecular flexibility index (Phi) is 5.04. The van der Waals surface area contributed by atoms with Gasteiger partial charge in [-0.3, -0.25) is 0 Å². The van der Waals surface area contributed by atoms with Gasteiger partial charge in [-0.1, -0.05) is 12.8 Å². The van der Waals surface area contributed by atoms with Crippen molar-refractivity contribution in [2.45, 2.75) is 57.4 Å². The number of hydrogen-bond donors (Lipinski definition) is 1. The van der Waals surface area contributed by atoms with Gasteiger partial charge in [0, 0.05) is 12.6 Å². The monoisotopic (exact) mass is 274 g/mol. The van der Waals surface area contributed by atoms with Crippen molar-refractivity contribution in [3.63, 3.8) is 0 Å². The highest BCUT2D eigenvalue weighted by atomic mass is 32.2. The zero-order valence-electron chi connectivity index (χ0n) is 11.2. The summed E-state index contributed by atoms with van der Waals surface area (Å²) in [5, 5.41) is 0. The first-order chi connectivity index (χ1) is 8.65. The number of unbranched alkanes of at least 4 members (excludes halogenated alkanes) is 1. The topological polar surface area (TPSA) is 63.4 Å². The van der Waals surface area contributed by atoms with Gasteiger partial charge in [-0.2, -0.15) is 4.31 Å². The van der Waals surface area contributed by atoms with Crippen LogP contribution in [0.5, 0.6) is 0 Å². The molecule has 2 fully saturated rings. The SMILES string of the molecule is NCCCCS(=O)(=O)N1CCCC1C1CCCC1. The largest absolute Gasteiger partial charge is 0.330 e. The maximum Gasteiger partial charge on any atom is 0.214 e.